The Morgan fingerprint density at radius 1 is 0.971 bits per heavy atom. The molecular weight excluding hydrogens is 469 g/mol. The molecule has 2 saturated heterocycles. The minimum Gasteiger partial charge on any atom is -0.436 e. The lowest BCUT2D eigenvalue weighted by atomic mass is 10.0. The minimum absolute atomic E-state index is 0.00854. The van der Waals surface area contributed by atoms with Gasteiger partial charge in [-0.1, -0.05) is 6.07 Å². The van der Waals surface area contributed by atoms with E-state index in [2.05, 4.69) is 14.9 Å². The Kier molecular flexibility index (Phi) is 5.54. The van der Waals surface area contributed by atoms with E-state index in [9.17, 15) is 14.0 Å². The van der Waals surface area contributed by atoms with Gasteiger partial charge in [-0.05, 0) is 36.4 Å². The van der Waals surface area contributed by atoms with Gasteiger partial charge in [0.15, 0.2) is 10.6 Å². The molecule has 0 unspecified atom stereocenters. The largest absolute Gasteiger partial charge is 0.436 e. The van der Waals surface area contributed by atoms with E-state index < -0.39 is 0 Å². The Morgan fingerprint density at radius 2 is 1.74 bits per heavy atom. The Morgan fingerprint density at radius 3 is 2.46 bits per heavy atom. The van der Waals surface area contributed by atoms with E-state index in [1.807, 2.05) is 15.2 Å². The topological polar surface area (TPSA) is 82.8 Å². The summed E-state index contributed by atoms with van der Waals surface area (Å²) in [4.78, 5) is 40.4. The van der Waals surface area contributed by atoms with Gasteiger partial charge in [0, 0.05) is 62.5 Å². The van der Waals surface area contributed by atoms with Crippen LogP contribution in [-0.4, -0.2) is 81.8 Å². The average molecular weight is 492 g/mol. The summed E-state index contributed by atoms with van der Waals surface area (Å²) in [7, 11) is 0. The Labute approximate surface area is 204 Å². The third kappa shape index (κ3) is 4.08. The van der Waals surface area contributed by atoms with E-state index in [-0.39, 0.29) is 23.7 Å². The predicted octanol–water partition coefficient (Wildman–Crippen LogP) is 3.37. The summed E-state index contributed by atoms with van der Waals surface area (Å²) in [6, 6.07) is 11.5. The first-order chi connectivity index (χ1) is 17.1. The number of nitrogens with zero attached hydrogens (tertiary/aromatic N) is 5. The van der Waals surface area contributed by atoms with Crippen molar-refractivity contribution in [2.75, 3.05) is 39.3 Å². The molecule has 2 fully saturated rings. The van der Waals surface area contributed by atoms with Crippen LogP contribution in [-0.2, 0) is 0 Å². The molecular formula is C25H22FN5O3S. The number of rotatable bonds is 4. The number of amides is 2. The van der Waals surface area contributed by atoms with Crippen molar-refractivity contribution in [1.82, 2.24) is 24.7 Å². The molecule has 0 spiro atoms. The van der Waals surface area contributed by atoms with Crippen LogP contribution in [0, 0.1) is 5.82 Å². The highest BCUT2D eigenvalue weighted by Gasteiger charge is 2.37. The van der Waals surface area contributed by atoms with Gasteiger partial charge < -0.3 is 14.2 Å². The third-order valence-corrected chi connectivity index (χ3v) is 7.38. The van der Waals surface area contributed by atoms with Gasteiger partial charge in [-0.15, -0.1) is 11.3 Å². The lowest BCUT2D eigenvalue weighted by Gasteiger charge is -2.48. The van der Waals surface area contributed by atoms with Crippen molar-refractivity contribution < 1.29 is 18.4 Å². The highest BCUT2D eigenvalue weighted by atomic mass is 32.1. The van der Waals surface area contributed by atoms with Gasteiger partial charge in [-0.25, -0.2) is 14.4 Å². The molecule has 2 amide bonds. The van der Waals surface area contributed by atoms with Crippen LogP contribution < -0.4 is 0 Å². The number of aromatic nitrogens is 2. The van der Waals surface area contributed by atoms with E-state index in [1.165, 1.54) is 23.5 Å². The highest BCUT2D eigenvalue weighted by Crippen LogP contribution is 2.28. The standard InChI is InChI=1S/C25H22FN5O3S/c26-17-6-4-16(5-7-17)22-28-21-19(2-1-3-20(21)34-22)24(32)31-14-18(15-31)29-9-11-30(12-10-29)25(33)23-27-8-13-35-23/h1-8,13,18H,9-12,14-15H2. The Bertz CT molecular complexity index is 1370. The maximum Gasteiger partial charge on any atom is 0.282 e. The second kappa shape index (κ2) is 8.86. The van der Waals surface area contributed by atoms with Crippen LogP contribution in [0.4, 0.5) is 4.39 Å². The van der Waals surface area contributed by atoms with Gasteiger partial charge in [0.1, 0.15) is 11.3 Å². The molecule has 4 aromatic rings. The van der Waals surface area contributed by atoms with Crippen LogP contribution in [0.1, 0.15) is 20.2 Å². The van der Waals surface area contributed by atoms with Crippen molar-refractivity contribution in [3.63, 3.8) is 0 Å². The van der Waals surface area contributed by atoms with Gasteiger partial charge in [0.05, 0.1) is 5.56 Å². The molecule has 0 radical (unpaired) electrons. The van der Waals surface area contributed by atoms with Crippen LogP contribution in [0.2, 0.25) is 0 Å². The van der Waals surface area contributed by atoms with Crippen molar-refractivity contribution in [1.29, 1.82) is 0 Å². The first kappa shape index (κ1) is 21.9. The maximum absolute atomic E-state index is 13.3. The van der Waals surface area contributed by atoms with Gasteiger partial charge in [-0.3, -0.25) is 14.5 Å². The second-order valence-electron chi connectivity index (χ2n) is 8.71. The van der Waals surface area contributed by atoms with Crippen molar-refractivity contribution in [2.45, 2.75) is 6.04 Å². The van der Waals surface area contributed by atoms with Crippen LogP contribution in [0.5, 0.6) is 0 Å². The summed E-state index contributed by atoms with van der Waals surface area (Å²) in [5.41, 5.74) is 2.18. The molecule has 35 heavy (non-hydrogen) atoms. The third-order valence-electron chi connectivity index (χ3n) is 6.62. The zero-order valence-electron chi connectivity index (χ0n) is 18.8. The molecule has 0 atom stereocenters. The summed E-state index contributed by atoms with van der Waals surface area (Å²) >= 11 is 1.36. The summed E-state index contributed by atoms with van der Waals surface area (Å²) in [6.07, 6.45) is 1.65. The van der Waals surface area contributed by atoms with E-state index in [0.717, 1.165) is 13.1 Å². The fourth-order valence-electron chi connectivity index (χ4n) is 4.61. The van der Waals surface area contributed by atoms with Crippen LogP contribution in [0.25, 0.3) is 22.6 Å². The molecule has 0 N–H and O–H groups in total. The number of likely N-dealkylation sites (tertiary alicyclic amines) is 1. The van der Waals surface area contributed by atoms with Crippen molar-refractivity contribution in [3.8, 4) is 11.5 Å². The van der Waals surface area contributed by atoms with Crippen LogP contribution >= 0.6 is 11.3 Å². The number of piperazine rings is 1. The van der Waals surface area contributed by atoms with Gasteiger partial charge >= 0.3 is 0 Å². The molecule has 0 saturated carbocycles. The molecule has 178 valence electrons. The number of hydrogen-bond donors (Lipinski definition) is 0. The molecule has 6 rings (SSSR count). The number of benzene rings is 2. The molecule has 8 nitrogen and oxygen atoms in total. The number of hydrogen-bond acceptors (Lipinski definition) is 7. The molecule has 0 bridgehead atoms. The van der Waals surface area contributed by atoms with E-state index in [1.54, 1.807) is 36.5 Å². The SMILES string of the molecule is O=C(c1nccs1)N1CCN(C2CN(C(=O)c3cccc4oc(-c5ccc(F)cc5)nc34)C2)CC1. The number of thiazole rings is 1. The molecule has 2 aromatic heterocycles. The number of oxazole rings is 1. The number of para-hydroxylation sites is 1. The summed E-state index contributed by atoms with van der Waals surface area (Å²) < 4.78 is 19.1. The molecule has 2 aliphatic heterocycles. The minimum atomic E-state index is -0.333. The maximum atomic E-state index is 13.3. The number of halogens is 1. The Hall–Kier alpha value is -3.63. The highest BCUT2D eigenvalue weighted by molar-refractivity contribution is 7.11. The molecule has 4 heterocycles. The lowest BCUT2D eigenvalue weighted by Crippen LogP contribution is -2.64. The predicted molar refractivity (Wildman–Crippen MR) is 129 cm³/mol. The van der Waals surface area contributed by atoms with Crippen molar-refractivity contribution in [3.05, 3.63) is 70.4 Å². The summed E-state index contributed by atoms with van der Waals surface area (Å²) in [5.74, 6) is -0.0679. The second-order valence-corrected chi connectivity index (χ2v) is 9.60. The summed E-state index contributed by atoms with van der Waals surface area (Å²) in [5, 5.41) is 2.34. The van der Waals surface area contributed by atoms with Crippen molar-refractivity contribution in [2.24, 2.45) is 0 Å². The van der Waals surface area contributed by atoms with E-state index >= 15 is 0 Å². The number of fused-ring (bicyclic) bond motifs is 1. The fraction of sp³-hybridized carbons (Fsp3) is 0.280. The molecule has 0 aliphatic carbocycles. The quantitative estimate of drug-likeness (QED) is 0.435. The molecule has 2 aromatic carbocycles. The number of carbonyl (C=O) groups excluding carboxylic acids is 2. The monoisotopic (exact) mass is 491 g/mol. The normalized spacial score (nSPS) is 17.1. The van der Waals surface area contributed by atoms with Crippen LogP contribution in [0.15, 0.2) is 58.5 Å². The number of carbonyl (C=O) groups is 2. The van der Waals surface area contributed by atoms with Crippen LogP contribution in [0.3, 0.4) is 0 Å². The zero-order valence-corrected chi connectivity index (χ0v) is 19.6. The first-order valence-electron chi connectivity index (χ1n) is 11.4. The molecule has 2 aliphatic rings. The first-order valence-corrected chi connectivity index (χ1v) is 12.3. The lowest BCUT2D eigenvalue weighted by molar-refractivity contribution is 0.00862. The fourth-order valence-corrected chi connectivity index (χ4v) is 5.22. The van der Waals surface area contributed by atoms with Gasteiger partial charge in [0.2, 0.25) is 5.89 Å². The van der Waals surface area contributed by atoms with Gasteiger partial charge in [0.25, 0.3) is 11.8 Å². The average Bonchev–Trinajstić information content (AvgIpc) is 3.54. The van der Waals surface area contributed by atoms with E-state index in [0.29, 0.717) is 59.3 Å². The van der Waals surface area contributed by atoms with Crippen molar-refractivity contribution >= 4 is 34.3 Å². The Balaban J connectivity index is 1.10. The van der Waals surface area contributed by atoms with E-state index in [4.69, 9.17) is 4.42 Å². The summed E-state index contributed by atoms with van der Waals surface area (Å²) in [6.45, 7) is 4.16. The molecule has 10 heteroatoms. The smallest absolute Gasteiger partial charge is 0.282 e. The zero-order chi connectivity index (χ0) is 23.9. The van der Waals surface area contributed by atoms with Gasteiger partial charge in [-0.2, -0.15) is 0 Å².